The van der Waals surface area contributed by atoms with E-state index in [2.05, 4.69) is 62.4 Å². The lowest BCUT2D eigenvalue weighted by Gasteiger charge is -2.30. The molecule has 1 aliphatic rings. The number of aromatic nitrogens is 4. The topological polar surface area (TPSA) is 63.9 Å². The molecule has 0 N–H and O–H groups in total. The van der Waals surface area contributed by atoms with Crippen LogP contribution in [0.3, 0.4) is 0 Å². The molecule has 1 unspecified atom stereocenters. The summed E-state index contributed by atoms with van der Waals surface area (Å²) in [5.74, 6) is 0. The molecule has 29 heavy (non-hydrogen) atoms. The molecular formula is C24H19N5. The lowest BCUT2D eigenvalue weighted by Crippen LogP contribution is -2.26. The van der Waals surface area contributed by atoms with Crippen molar-refractivity contribution in [3.8, 4) is 11.1 Å². The summed E-state index contributed by atoms with van der Waals surface area (Å²) < 4.78 is 0. The van der Waals surface area contributed by atoms with Gasteiger partial charge in [0.15, 0.2) is 0 Å². The molecule has 5 rings (SSSR count). The standard InChI is InChI=1S/C24H19N5/c1-16-9-21(10-17(2)29-16)24(22-7-4-8-27-23(22)14-28-24)20-6-3-5-18(11-20)19-12-25-15-26-13-19/h3-15H,1-2H3. The lowest BCUT2D eigenvalue weighted by atomic mass is 9.77. The molecule has 0 saturated heterocycles. The highest BCUT2D eigenvalue weighted by atomic mass is 14.9. The zero-order valence-corrected chi connectivity index (χ0v) is 16.2. The van der Waals surface area contributed by atoms with Gasteiger partial charge in [0, 0.05) is 47.3 Å². The Morgan fingerprint density at radius 1 is 0.793 bits per heavy atom. The molecule has 0 radical (unpaired) electrons. The van der Waals surface area contributed by atoms with E-state index in [0.29, 0.717) is 0 Å². The van der Waals surface area contributed by atoms with Gasteiger partial charge in [-0.3, -0.25) is 15.0 Å². The predicted molar refractivity (Wildman–Crippen MR) is 113 cm³/mol. The fourth-order valence-electron chi connectivity index (χ4n) is 4.10. The van der Waals surface area contributed by atoms with E-state index in [1.165, 1.54) is 0 Å². The second-order valence-electron chi connectivity index (χ2n) is 7.25. The van der Waals surface area contributed by atoms with E-state index in [-0.39, 0.29) is 0 Å². The molecule has 1 atom stereocenters. The van der Waals surface area contributed by atoms with E-state index in [4.69, 9.17) is 4.99 Å². The molecule has 0 fully saturated rings. The highest BCUT2D eigenvalue weighted by Crippen LogP contribution is 2.45. The number of hydrogen-bond acceptors (Lipinski definition) is 5. The normalized spacial score (nSPS) is 17.3. The lowest BCUT2D eigenvalue weighted by molar-refractivity contribution is 0.668. The monoisotopic (exact) mass is 377 g/mol. The van der Waals surface area contributed by atoms with E-state index in [9.17, 15) is 0 Å². The minimum atomic E-state index is -0.659. The maximum atomic E-state index is 5.05. The first-order valence-electron chi connectivity index (χ1n) is 9.49. The molecule has 0 saturated carbocycles. The van der Waals surface area contributed by atoms with Gasteiger partial charge in [-0.25, -0.2) is 9.97 Å². The summed E-state index contributed by atoms with van der Waals surface area (Å²) in [6.07, 6.45) is 8.88. The van der Waals surface area contributed by atoms with Gasteiger partial charge in [-0.2, -0.15) is 0 Å². The summed E-state index contributed by atoms with van der Waals surface area (Å²) in [5.41, 5.74) is 7.45. The zero-order valence-electron chi connectivity index (χ0n) is 16.2. The van der Waals surface area contributed by atoms with Crippen molar-refractivity contribution in [2.24, 2.45) is 4.99 Å². The molecule has 4 heterocycles. The van der Waals surface area contributed by atoms with Gasteiger partial charge in [-0.05, 0) is 54.8 Å². The van der Waals surface area contributed by atoms with Crippen LogP contribution in [0.25, 0.3) is 11.1 Å². The molecule has 5 nitrogen and oxygen atoms in total. The van der Waals surface area contributed by atoms with Crippen LogP contribution >= 0.6 is 0 Å². The van der Waals surface area contributed by atoms with Crippen LogP contribution in [0.2, 0.25) is 0 Å². The molecule has 140 valence electrons. The SMILES string of the molecule is Cc1cc(C2(c3cccc(-c4cncnc4)c3)N=Cc3ncccc32)cc(C)n1. The third-order valence-electron chi connectivity index (χ3n) is 5.28. The average molecular weight is 377 g/mol. The van der Waals surface area contributed by atoms with Crippen molar-refractivity contribution < 1.29 is 0 Å². The van der Waals surface area contributed by atoms with Crippen LogP contribution in [0.15, 0.2) is 78.4 Å². The molecule has 1 aromatic carbocycles. The van der Waals surface area contributed by atoms with Crippen LogP contribution in [-0.2, 0) is 5.54 Å². The maximum Gasteiger partial charge on any atom is 0.138 e. The first-order valence-corrected chi connectivity index (χ1v) is 9.49. The van der Waals surface area contributed by atoms with Crippen molar-refractivity contribution in [1.29, 1.82) is 0 Å². The summed E-state index contributed by atoms with van der Waals surface area (Å²) in [6.45, 7) is 4.04. The molecule has 0 bridgehead atoms. The molecule has 0 spiro atoms. The Balaban J connectivity index is 1.79. The van der Waals surface area contributed by atoms with E-state index >= 15 is 0 Å². The van der Waals surface area contributed by atoms with Crippen LogP contribution < -0.4 is 0 Å². The first kappa shape index (κ1) is 17.4. The highest BCUT2D eigenvalue weighted by Gasteiger charge is 2.41. The van der Waals surface area contributed by atoms with Crippen LogP contribution in [0.1, 0.15) is 33.8 Å². The first-order chi connectivity index (χ1) is 14.2. The Labute approximate surface area is 169 Å². The number of aryl methyl sites for hydroxylation is 2. The molecule has 1 aliphatic heterocycles. The summed E-state index contributed by atoms with van der Waals surface area (Å²) in [5, 5.41) is 0. The number of rotatable bonds is 3. The third kappa shape index (κ3) is 2.83. The summed E-state index contributed by atoms with van der Waals surface area (Å²) >= 11 is 0. The Kier molecular flexibility index (Phi) is 4.02. The van der Waals surface area contributed by atoms with Gasteiger partial charge in [0.05, 0.1) is 5.69 Å². The maximum absolute atomic E-state index is 5.05. The van der Waals surface area contributed by atoms with Gasteiger partial charge in [0.2, 0.25) is 0 Å². The summed E-state index contributed by atoms with van der Waals surface area (Å²) in [6, 6.07) is 16.7. The number of benzene rings is 1. The minimum absolute atomic E-state index is 0.659. The zero-order chi connectivity index (χ0) is 19.8. The van der Waals surface area contributed by atoms with Crippen molar-refractivity contribution in [2.75, 3.05) is 0 Å². The van der Waals surface area contributed by atoms with Crippen LogP contribution in [-0.4, -0.2) is 26.2 Å². The van der Waals surface area contributed by atoms with E-state index in [0.717, 1.165) is 44.9 Å². The highest BCUT2D eigenvalue weighted by molar-refractivity contribution is 5.86. The molecule has 5 heteroatoms. The van der Waals surface area contributed by atoms with Gasteiger partial charge >= 0.3 is 0 Å². The van der Waals surface area contributed by atoms with Crippen LogP contribution in [0, 0.1) is 13.8 Å². The number of aliphatic imine (C=N–C) groups is 1. The molecule has 3 aromatic heterocycles. The predicted octanol–water partition coefficient (Wildman–Crippen LogP) is 4.27. The Hall–Kier alpha value is -3.73. The second-order valence-corrected chi connectivity index (χ2v) is 7.25. The van der Waals surface area contributed by atoms with Gasteiger partial charge in [-0.15, -0.1) is 0 Å². The van der Waals surface area contributed by atoms with Crippen molar-refractivity contribution in [2.45, 2.75) is 19.4 Å². The smallest absolute Gasteiger partial charge is 0.138 e. The van der Waals surface area contributed by atoms with Gasteiger partial charge in [0.1, 0.15) is 11.9 Å². The number of fused-ring (bicyclic) bond motifs is 1. The van der Waals surface area contributed by atoms with Crippen LogP contribution in [0.5, 0.6) is 0 Å². The molecule has 4 aromatic rings. The second kappa shape index (κ2) is 6.71. The third-order valence-corrected chi connectivity index (χ3v) is 5.28. The van der Waals surface area contributed by atoms with E-state index < -0.39 is 5.54 Å². The number of hydrogen-bond donors (Lipinski definition) is 0. The molecular weight excluding hydrogens is 358 g/mol. The number of nitrogens with zero attached hydrogens (tertiary/aromatic N) is 5. The molecule has 0 aliphatic carbocycles. The van der Waals surface area contributed by atoms with Gasteiger partial charge in [-0.1, -0.05) is 24.3 Å². The van der Waals surface area contributed by atoms with Crippen molar-refractivity contribution in [3.05, 3.63) is 107 Å². The Morgan fingerprint density at radius 2 is 1.59 bits per heavy atom. The van der Waals surface area contributed by atoms with Crippen molar-refractivity contribution >= 4 is 6.21 Å². The molecule has 0 amide bonds. The van der Waals surface area contributed by atoms with Gasteiger partial charge < -0.3 is 0 Å². The van der Waals surface area contributed by atoms with Crippen LogP contribution in [0.4, 0.5) is 0 Å². The fraction of sp³-hybridized carbons (Fsp3) is 0.125. The van der Waals surface area contributed by atoms with Gasteiger partial charge in [0.25, 0.3) is 0 Å². The number of pyridine rings is 2. The largest absolute Gasteiger partial charge is 0.270 e. The average Bonchev–Trinajstić information content (AvgIpc) is 3.15. The summed E-state index contributed by atoms with van der Waals surface area (Å²) in [4.78, 5) is 22.5. The van der Waals surface area contributed by atoms with Crippen molar-refractivity contribution in [1.82, 2.24) is 19.9 Å². The fourth-order valence-corrected chi connectivity index (χ4v) is 4.10. The Morgan fingerprint density at radius 3 is 2.38 bits per heavy atom. The Bertz CT molecular complexity index is 1210. The summed E-state index contributed by atoms with van der Waals surface area (Å²) in [7, 11) is 0. The van der Waals surface area contributed by atoms with E-state index in [1.807, 2.05) is 44.7 Å². The van der Waals surface area contributed by atoms with E-state index in [1.54, 1.807) is 6.33 Å². The quantitative estimate of drug-likeness (QED) is 0.535. The van der Waals surface area contributed by atoms with Crippen molar-refractivity contribution in [3.63, 3.8) is 0 Å². The minimum Gasteiger partial charge on any atom is -0.270 e.